The summed E-state index contributed by atoms with van der Waals surface area (Å²) in [6.07, 6.45) is 1.26. The number of hydrazone groups is 1. The maximum absolute atomic E-state index is 12.4. The van der Waals surface area contributed by atoms with Crippen LogP contribution in [0.25, 0.3) is 0 Å². The Labute approximate surface area is 188 Å². The Morgan fingerprint density at radius 1 is 0.906 bits per heavy atom. The quantitative estimate of drug-likeness (QED) is 0.195. The van der Waals surface area contributed by atoms with E-state index in [4.69, 9.17) is 21.1 Å². The summed E-state index contributed by atoms with van der Waals surface area (Å²) >= 11 is 5.91. The summed E-state index contributed by atoms with van der Waals surface area (Å²) in [7, 11) is 1.45. The monoisotopic (exact) mass is 451 g/mol. The molecule has 3 aromatic carbocycles. The summed E-state index contributed by atoms with van der Waals surface area (Å²) in [5.74, 6) is -1.89. The second-order valence-corrected chi connectivity index (χ2v) is 6.73. The molecule has 0 aliphatic carbocycles. The number of rotatable bonds is 6. The maximum Gasteiger partial charge on any atom is 0.343 e. The lowest BCUT2D eigenvalue weighted by molar-refractivity contribution is -0.136. The summed E-state index contributed by atoms with van der Waals surface area (Å²) in [5.41, 5.74) is 3.17. The first-order valence-electron chi connectivity index (χ1n) is 9.32. The van der Waals surface area contributed by atoms with Crippen LogP contribution in [-0.2, 0) is 9.59 Å². The summed E-state index contributed by atoms with van der Waals surface area (Å²) in [6.45, 7) is 0. The topological polar surface area (TPSA) is 106 Å². The van der Waals surface area contributed by atoms with Gasteiger partial charge in [0.05, 0.1) is 24.6 Å². The number of hydrogen-bond acceptors (Lipinski definition) is 6. The van der Waals surface area contributed by atoms with Crippen molar-refractivity contribution in [3.05, 3.63) is 88.9 Å². The molecule has 3 aromatic rings. The number of carbonyl (C=O) groups is 3. The summed E-state index contributed by atoms with van der Waals surface area (Å²) in [5, 5.41) is 6.62. The lowest BCUT2D eigenvalue weighted by Gasteiger charge is -2.09. The van der Waals surface area contributed by atoms with Gasteiger partial charge in [-0.05, 0) is 42.5 Å². The lowest BCUT2D eigenvalue weighted by Crippen LogP contribution is -2.32. The van der Waals surface area contributed by atoms with Crippen LogP contribution in [0.1, 0.15) is 15.9 Å². The van der Waals surface area contributed by atoms with Gasteiger partial charge in [0.25, 0.3) is 0 Å². The van der Waals surface area contributed by atoms with Crippen LogP contribution in [0.4, 0.5) is 5.69 Å². The number of amides is 2. The molecule has 0 aromatic heterocycles. The number of esters is 1. The van der Waals surface area contributed by atoms with Gasteiger partial charge >= 0.3 is 17.8 Å². The molecule has 0 saturated heterocycles. The fraction of sp³-hybridized carbons (Fsp3) is 0.0435. The molecule has 0 aliphatic heterocycles. The highest BCUT2D eigenvalue weighted by atomic mass is 35.5. The van der Waals surface area contributed by atoms with Crippen LogP contribution in [0.3, 0.4) is 0 Å². The Hall–Kier alpha value is -4.17. The number of methoxy groups -OCH3 is 1. The number of hydrogen-bond donors (Lipinski definition) is 2. The van der Waals surface area contributed by atoms with Crippen molar-refractivity contribution < 1.29 is 23.9 Å². The van der Waals surface area contributed by atoms with Gasteiger partial charge in [-0.1, -0.05) is 41.9 Å². The van der Waals surface area contributed by atoms with Crippen LogP contribution in [0.15, 0.2) is 77.9 Å². The molecule has 8 nitrogen and oxygen atoms in total. The zero-order valence-corrected chi connectivity index (χ0v) is 17.6. The Balaban J connectivity index is 1.63. The number of halogens is 1. The molecular formula is C23H18ClN3O5. The Morgan fingerprint density at radius 3 is 2.38 bits per heavy atom. The Kier molecular flexibility index (Phi) is 7.55. The molecule has 0 radical (unpaired) electrons. The zero-order valence-electron chi connectivity index (χ0n) is 16.9. The third-order valence-corrected chi connectivity index (χ3v) is 4.35. The third kappa shape index (κ3) is 5.93. The first-order valence-corrected chi connectivity index (χ1v) is 9.70. The molecule has 32 heavy (non-hydrogen) atoms. The largest absolute Gasteiger partial charge is 0.495 e. The summed E-state index contributed by atoms with van der Waals surface area (Å²) in [6, 6.07) is 19.6. The van der Waals surface area contributed by atoms with E-state index in [9.17, 15) is 14.4 Å². The number of nitrogens with one attached hydrogen (secondary N) is 2. The van der Waals surface area contributed by atoms with E-state index in [0.717, 1.165) is 0 Å². The van der Waals surface area contributed by atoms with Crippen LogP contribution < -0.4 is 20.2 Å². The minimum Gasteiger partial charge on any atom is -0.495 e. The molecule has 162 valence electrons. The highest BCUT2D eigenvalue weighted by Gasteiger charge is 2.15. The van der Waals surface area contributed by atoms with Crippen molar-refractivity contribution in [3.63, 3.8) is 0 Å². The van der Waals surface area contributed by atoms with Gasteiger partial charge in [-0.3, -0.25) is 9.59 Å². The van der Waals surface area contributed by atoms with Gasteiger partial charge in [-0.15, -0.1) is 0 Å². The molecule has 0 heterocycles. The predicted molar refractivity (Wildman–Crippen MR) is 120 cm³/mol. The second-order valence-electron chi connectivity index (χ2n) is 6.29. The van der Waals surface area contributed by atoms with Crippen LogP contribution in [0.5, 0.6) is 11.5 Å². The van der Waals surface area contributed by atoms with Crippen molar-refractivity contribution in [1.29, 1.82) is 0 Å². The van der Waals surface area contributed by atoms with E-state index in [1.54, 1.807) is 66.7 Å². The smallest absolute Gasteiger partial charge is 0.343 e. The third-order valence-electron chi connectivity index (χ3n) is 4.11. The predicted octanol–water partition coefficient (Wildman–Crippen LogP) is 3.66. The first-order chi connectivity index (χ1) is 15.5. The van der Waals surface area contributed by atoms with Crippen LogP contribution >= 0.6 is 11.6 Å². The number of para-hydroxylation sites is 3. The van der Waals surface area contributed by atoms with Gasteiger partial charge in [-0.2, -0.15) is 5.10 Å². The molecule has 0 spiro atoms. The number of carbonyl (C=O) groups excluding carboxylic acids is 3. The van der Waals surface area contributed by atoms with E-state index in [2.05, 4.69) is 15.8 Å². The van der Waals surface area contributed by atoms with Crippen molar-refractivity contribution in [2.75, 3.05) is 12.4 Å². The second kappa shape index (κ2) is 10.7. The van der Waals surface area contributed by atoms with Gasteiger partial charge in [0, 0.05) is 10.6 Å². The SMILES string of the molecule is COc1ccccc1NC(=O)C(=O)N/N=C/c1ccccc1OC(=O)c1cccc(Cl)c1. The summed E-state index contributed by atoms with van der Waals surface area (Å²) in [4.78, 5) is 36.5. The molecule has 2 amide bonds. The van der Waals surface area contributed by atoms with E-state index in [0.29, 0.717) is 22.0 Å². The van der Waals surface area contributed by atoms with Crippen molar-refractivity contribution in [2.45, 2.75) is 0 Å². The average molecular weight is 452 g/mol. The molecule has 0 aliphatic rings. The van der Waals surface area contributed by atoms with E-state index in [-0.39, 0.29) is 11.3 Å². The number of ether oxygens (including phenoxy) is 2. The van der Waals surface area contributed by atoms with E-state index in [1.165, 1.54) is 19.4 Å². The zero-order chi connectivity index (χ0) is 22.9. The number of anilines is 1. The minimum absolute atomic E-state index is 0.217. The highest BCUT2D eigenvalue weighted by Crippen LogP contribution is 2.23. The molecule has 0 unspecified atom stereocenters. The standard InChI is InChI=1S/C23H18ClN3O5/c1-31-20-12-5-3-10-18(20)26-21(28)22(29)27-25-14-16-7-2-4-11-19(16)32-23(30)15-8-6-9-17(24)13-15/h2-14H,1H3,(H,26,28)(H,27,29)/b25-14+. The molecule has 2 N–H and O–H groups in total. The molecule has 9 heteroatoms. The summed E-state index contributed by atoms with van der Waals surface area (Å²) < 4.78 is 10.5. The fourth-order valence-electron chi connectivity index (χ4n) is 2.59. The fourth-order valence-corrected chi connectivity index (χ4v) is 2.78. The van der Waals surface area contributed by atoms with Gasteiger partial charge in [0.2, 0.25) is 0 Å². The molecule has 0 fully saturated rings. The van der Waals surface area contributed by atoms with Gasteiger partial charge < -0.3 is 14.8 Å². The normalized spacial score (nSPS) is 10.4. The minimum atomic E-state index is -0.986. The van der Waals surface area contributed by atoms with E-state index >= 15 is 0 Å². The maximum atomic E-state index is 12.4. The van der Waals surface area contributed by atoms with Crippen LogP contribution in [0.2, 0.25) is 5.02 Å². The van der Waals surface area contributed by atoms with Gasteiger partial charge in [-0.25, -0.2) is 10.2 Å². The first kappa shape index (κ1) is 22.5. The Bertz CT molecular complexity index is 1180. The van der Waals surface area contributed by atoms with Crippen molar-refractivity contribution in [3.8, 4) is 11.5 Å². The van der Waals surface area contributed by atoms with Crippen LogP contribution in [-0.4, -0.2) is 31.1 Å². The molecule has 0 bridgehead atoms. The molecule has 0 saturated carbocycles. The lowest BCUT2D eigenvalue weighted by atomic mass is 10.2. The average Bonchev–Trinajstić information content (AvgIpc) is 2.80. The molecular weight excluding hydrogens is 434 g/mol. The number of benzene rings is 3. The number of nitrogens with zero attached hydrogens (tertiary/aromatic N) is 1. The van der Waals surface area contributed by atoms with Crippen molar-refractivity contribution in [2.24, 2.45) is 5.10 Å². The van der Waals surface area contributed by atoms with Gasteiger partial charge in [0.15, 0.2) is 0 Å². The van der Waals surface area contributed by atoms with Crippen molar-refractivity contribution in [1.82, 2.24) is 5.43 Å². The van der Waals surface area contributed by atoms with E-state index in [1.807, 2.05) is 0 Å². The van der Waals surface area contributed by atoms with Crippen LogP contribution in [0, 0.1) is 0 Å². The highest BCUT2D eigenvalue weighted by molar-refractivity contribution is 6.39. The Morgan fingerprint density at radius 2 is 1.62 bits per heavy atom. The van der Waals surface area contributed by atoms with E-state index < -0.39 is 17.8 Å². The van der Waals surface area contributed by atoms with Crippen molar-refractivity contribution >= 4 is 41.3 Å². The molecule has 3 rings (SSSR count). The molecule has 0 atom stereocenters. The van der Waals surface area contributed by atoms with Gasteiger partial charge in [0.1, 0.15) is 11.5 Å².